The Kier molecular flexibility index (Phi) is 4.86. The molecule has 1 aliphatic carbocycles. The molecule has 146 valence electrons. The van der Waals surface area contributed by atoms with Gasteiger partial charge in [0.1, 0.15) is 0 Å². The summed E-state index contributed by atoms with van der Waals surface area (Å²) in [7, 11) is 0. The average molecular weight is 396 g/mol. The zero-order valence-electron chi connectivity index (χ0n) is 16.1. The Bertz CT molecular complexity index is 922. The zero-order valence-corrected chi connectivity index (χ0v) is 16.9. The summed E-state index contributed by atoms with van der Waals surface area (Å²) in [6.45, 7) is 4.87. The molecule has 0 radical (unpaired) electrons. The second kappa shape index (κ2) is 7.64. The van der Waals surface area contributed by atoms with E-state index in [-0.39, 0.29) is 0 Å². The third-order valence-corrected chi connectivity index (χ3v) is 6.37. The van der Waals surface area contributed by atoms with E-state index < -0.39 is 0 Å². The van der Waals surface area contributed by atoms with E-state index in [9.17, 15) is 0 Å². The van der Waals surface area contributed by atoms with E-state index in [1.54, 1.807) is 11.3 Å². The van der Waals surface area contributed by atoms with Gasteiger partial charge in [0.15, 0.2) is 5.82 Å². The standard InChI is InChI=1S/C21H25N5OS/c1-14-23-19(13-28-14)15-4-6-18(7-5-15)26-10-8-17(9-11-26)22-12-20-24-21(27-25-20)16-2-3-16/h4-7,13,16-17,22H,2-3,8-12H2,1H3. The molecule has 5 rings (SSSR count). The third-order valence-electron chi connectivity index (χ3n) is 5.60. The van der Waals surface area contributed by atoms with Crippen LogP contribution in [0.15, 0.2) is 34.2 Å². The van der Waals surface area contributed by atoms with Crippen LogP contribution in [0, 0.1) is 6.92 Å². The maximum atomic E-state index is 5.33. The summed E-state index contributed by atoms with van der Waals surface area (Å²) in [4.78, 5) is 11.5. The van der Waals surface area contributed by atoms with E-state index in [4.69, 9.17) is 4.52 Å². The van der Waals surface area contributed by atoms with Crippen LogP contribution in [0.1, 0.15) is 48.3 Å². The highest BCUT2D eigenvalue weighted by Gasteiger charge is 2.29. The highest BCUT2D eigenvalue weighted by Crippen LogP contribution is 2.38. The average Bonchev–Trinajstić information content (AvgIpc) is 3.32. The van der Waals surface area contributed by atoms with Crippen LogP contribution >= 0.6 is 11.3 Å². The molecule has 28 heavy (non-hydrogen) atoms. The second-order valence-electron chi connectivity index (χ2n) is 7.76. The second-order valence-corrected chi connectivity index (χ2v) is 8.83. The van der Waals surface area contributed by atoms with Crippen molar-refractivity contribution in [3.8, 4) is 11.3 Å². The van der Waals surface area contributed by atoms with E-state index >= 15 is 0 Å². The Labute approximate surface area is 169 Å². The molecule has 1 aromatic carbocycles. The van der Waals surface area contributed by atoms with Gasteiger partial charge in [0, 0.05) is 41.7 Å². The summed E-state index contributed by atoms with van der Waals surface area (Å²) in [5.74, 6) is 2.13. The largest absolute Gasteiger partial charge is 0.371 e. The van der Waals surface area contributed by atoms with Crippen LogP contribution in [0.5, 0.6) is 0 Å². The van der Waals surface area contributed by atoms with Gasteiger partial charge in [-0.1, -0.05) is 17.3 Å². The molecule has 1 N–H and O–H groups in total. The summed E-state index contributed by atoms with van der Waals surface area (Å²) in [6.07, 6.45) is 4.64. The molecule has 1 saturated heterocycles. The summed E-state index contributed by atoms with van der Waals surface area (Å²) in [6, 6.07) is 9.31. The Balaban J connectivity index is 1.12. The van der Waals surface area contributed by atoms with Crippen molar-refractivity contribution in [2.45, 2.75) is 51.1 Å². The number of nitrogens with zero attached hydrogens (tertiary/aromatic N) is 4. The molecule has 7 heteroatoms. The quantitative estimate of drug-likeness (QED) is 0.677. The van der Waals surface area contributed by atoms with Gasteiger partial charge in [-0.05, 0) is 44.7 Å². The minimum atomic E-state index is 0.511. The number of nitrogens with one attached hydrogen (secondary N) is 1. The highest BCUT2D eigenvalue weighted by molar-refractivity contribution is 7.09. The molecule has 3 aromatic rings. The lowest BCUT2D eigenvalue weighted by molar-refractivity contribution is 0.365. The molecular formula is C21H25N5OS. The van der Waals surface area contributed by atoms with Crippen LogP contribution in [-0.4, -0.2) is 34.3 Å². The minimum Gasteiger partial charge on any atom is -0.371 e. The van der Waals surface area contributed by atoms with Crippen LogP contribution in [0.4, 0.5) is 5.69 Å². The first-order valence-corrected chi connectivity index (χ1v) is 11.0. The predicted molar refractivity (Wildman–Crippen MR) is 111 cm³/mol. The first kappa shape index (κ1) is 17.8. The molecule has 0 spiro atoms. The van der Waals surface area contributed by atoms with Gasteiger partial charge in [0.05, 0.1) is 17.2 Å². The zero-order chi connectivity index (χ0) is 18.9. The maximum Gasteiger partial charge on any atom is 0.229 e. The van der Waals surface area contributed by atoms with Gasteiger partial charge in [-0.25, -0.2) is 4.98 Å². The molecule has 2 fully saturated rings. The van der Waals surface area contributed by atoms with Crippen LogP contribution in [-0.2, 0) is 6.54 Å². The minimum absolute atomic E-state index is 0.511. The number of aryl methyl sites for hydroxylation is 1. The number of rotatable bonds is 6. The number of benzene rings is 1. The van der Waals surface area contributed by atoms with Gasteiger partial charge in [0.25, 0.3) is 0 Å². The lowest BCUT2D eigenvalue weighted by atomic mass is 10.0. The molecule has 2 aliphatic rings. The van der Waals surface area contributed by atoms with E-state index in [2.05, 4.69) is 55.0 Å². The molecule has 0 atom stereocenters. The predicted octanol–water partition coefficient (Wildman–Crippen LogP) is 4.14. The van der Waals surface area contributed by atoms with Crippen molar-refractivity contribution in [1.29, 1.82) is 0 Å². The summed E-state index contributed by atoms with van der Waals surface area (Å²) >= 11 is 1.70. The monoisotopic (exact) mass is 395 g/mol. The van der Waals surface area contributed by atoms with Gasteiger partial charge in [-0.2, -0.15) is 4.98 Å². The van der Waals surface area contributed by atoms with Crippen molar-refractivity contribution in [3.05, 3.63) is 46.4 Å². The maximum absolute atomic E-state index is 5.33. The normalized spacial score (nSPS) is 18.0. The number of hydrogen-bond acceptors (Lipinski definition) is 7. The van der Waals surface area contributed by atoms with Gasteiger partial charge < -0.3 is 14.7 Å². The first-order valence-electron chi connectivity index (χ1n) is 10.1. The van der Waals surface area contributed by atoms with Crippen molar-refractivity contribution < 1.29 is 4.52 Å². The van der Waals surface area contributed by atoms with Crippen LogP contribution < -0.4 is 10.2 Å². The van der Waals surface area contributed by atoms with E-state index in [1.165, 1.54) is 24.1 Å². The lowest BCUT2D eigenvalue weighted by Crippen LogP contribution is -2.42. The fourth-order valence-electron chi connectivity index (χ4n) is 3.75. The first-order chi connectivity index (χ1) is 13.7. The molecule has 0 bridgehead atoms. The summed E-state index contributed by atoms with van der Waals surface area (Å²) in [5, 5.41) is 10.9. The van der Waals surface area contributed by atoms with E-state index in [1.807, 2.05) is 6.92 Å². The molecule has 1 saturated carbocycles. The van der Waals surface area contributed by atoms with E-state index in [0.717, 1.165) is 48.3 Å². The Hall–Kier alpha value is -2.25. The Morgan fingerprint density at radius 3 is 2.57 bits per heavy atom. The fourth-order valence-corrected chi connectivity index (χ4v) is 4.37. The molecule has 0 amide bonds. The van der Waals surface area contributed by atoms with Gasteiger partial charge in [-0.3, -0.25) is 0 Å². The van der Waals surface area contributed by atoms with Crippen molar-refractivity contribution in [1.82, 2.24) is 20.4 Å². The molecule has 3 heterocycles. The Morgan fingerprint density at radius 1 is 1.11 bits per heavy atom. The molecule has 2 aromatic heterocycles. The number of aromatic nitrogens is 3. The lowest BCUT2D eigenvalue weighted by Gasteiger charge is -2.34. The van der Waals surface area contributed by atoms with Gasteiger partial charge in [-0.15, -0.1) is 11.3 Å². The smallest absolute Gasteiger partial charge is 0.229 e. The Morgan fingerprint density at radius 2 is 1.89 bits per heavy atom. The fraction of sp³-hybridized carbons (Fsp3) is 0.476. The van der Waals surface area contributed by atoms with Crippen molar-refractivity contribution in [2.24, 2.45) is 0 Å². The summed E-state index contributed by atoms with van der Waals surface area (Å²) < 4.78 is 5.33. The van der Waals surface area contributed by atoms with Crippen molar-refractivity contribution >= 4 is 17.0 Å². The molecule has 0 unspecified atom stereocenters. The van der Waals surface area contributed by atoms with Crippen LogP contribution in [0.2, 0.25) is 0 Å². The van der Waals surface area contributed by atoms with Crippen LogP contribution in [0.25, 0.3) is 11.3 Å². The summed E-state index contributed by atoms with van der Waals surface area (Å²) in [5.41, 5.74) is 3.56. The third kappa shape index (κ3) is 3.95. The number of hydrogen-bond donors (Lipinski definition) is 1. The topological polar surface area (TPSA) is 67.1 Å². The van der Waals surface area contributed by atoms with Gasteiger partial charge >= 0.3 is 0 Å². The number of thiazole rings is 1. The highest BCUT2D eigenvalue weighted by atomic mass is 32.1. The molecular weight excluding hydrogens is 370 g/mol. The SMILES string of the molecule is Cc1nc(-c2ccc(N3CCC(NCc4noc(C5CC5)n4)CC3)cc2)cs1. The van der Waals surface area contributed by atoms with Gasteiger partial charge in [0.2, 0.25) is 5.89 Å². The number of piperidine rings is 1. The molecule has 6 nitrogen and oxygen atoms in total. The van der Waals surface area contributed by atoms with Crippen molar-refractivity contribution in [3.63, 3.8) is 0 Å². The van der Waals surface area contributed by atoms with Crippen LogP contribution in [0.3, 0.4) is 0 Å². The number of anilines is 1. The van der Waals surface area contributed by atoms with E-state index in [0.29, 0.717) is 18.5 Å². The molecule has 1 aliphatic heterocycles. The van der Waals surface area contributed by atoms with Crippen molar-refractivity contribution in [2.75, 3.05) is 18.0 Å².